The first kappa shape index (κ1) is 21.6. The topological polar surface area (TPSA) is 30.9 Å². The Morgan fingerprint density at radius 3 is 2.67 bits per heavy atom. The van der Waals surface area contributed by atoms with Crippen molar-refractivity contribution in [3.63, 3.8) is 0 Å². The molecule has 6 heteroatoms. The minimum atomic E-state index is 0. The fraction of sp³-hybridized carbons (Fsp3) is 0.611. The molecule has 1 N–H and O–H groups in total. The lowest BCUT2D eigenvalue weighted by Gasteiger charge is -2.35. The number of aliphatic imine (C=N–C) groups is 1. The molecule has 0 radical (unpaired) electrons. The molecule has 2 unspecified atom stereocenters. The molecular formula is C18H31IN4S. The molecule has 4 nitrogen and oxygen atoms in total. The zero-order valence-corrected chi connectivity index (χ0v) is 18.4. The van der Waals surface area contributed by atoms with Gasteiger partial charge in [-0.25, -0.2) is 0 Å². The summed E-state index contributed by atoms with van der Waals surface area (Å²) in [6, 6.07) is 11.0. The molecule has 1 aliphatic heterocycles. The van der Waals surface area contributed by atoms with Crippen molar-refractivity contribution in [2.75, 3.05) is 46.5 Å². The van der Waals surface area contributed by atoms with Crippen molar-refractivity contribution in [1.29, 1.82) is 0 Å². The first-order chi connectivity index (χ1) is 11.2. The smallest absolute Gasteiger partial charge is 0.193 e. The van der Waals surface area contributed by atoms with Gasteiger partial charge < -0.3 is 15.1 Å². The highest BCUT2D eigenvalue weighted by atomic mass is 127. The van der Waals surface area contributed by atoms with Crippen LogP contribution in [0.2, 0.25) is 0 Å². The van der Waals surface area contributed by atoms with E-state index in [1.54, 1.807) is 0 Å². The molecule has 0 aromatic heterocycles. The quantitative estimate of drug-likeness (QED) is 0.413. The molecule has 24 heavy (non-hydrogen) atoms. The lowest BCUT2D eigenvalue weighted by Crippen LogP contribution is -2.49. The summed E-state index contributed by atoms with van der Waals surface area (Å²) < 4.78 is 0. The first-order valence-corrected chi connectivity index (χ1v) is 9.49. The number of rotatable bonds is 5. The Balaban J connectivity index is 0.00000288. The van der Waals surface area contributed by atoms with Gasteiger partial charge in [0.2, 0.25) is 0 Å². The number of hydrogen-bond donors (Lipinski definition) is 1. The lowest BCUT2D eigenvalue weighted by atomic mass is 10.1. The molecular weight excluding hydrogens is 431 g/mol. The first-order valence-electron chi connectivity index (χ1n) is 8.44. The number of likely N-dealkylation sites (N-methyl/N-ethyl adjacent to an activating group) is 1. The van der Waals surface area contributed by atoms with Crippen molar-refractivity contribution in [2.45, 2.75) is 24.6 Å². The number of nitrogens with one attached hydrogen (secondary N) is 1. The maximum Gasteiger partial charge on any atom is 0.193 e. The van der Waals surface area contributed by atoms with Crippen molar-refractivity contribution in [3.05, 3.63) is 35.9 Å². The van der Waals surface area contributed by atoms with Crippen LogP contribution in [0.15, 0.2) is 35.3 Å². The fourth-order valence-electron chi connectivity index (χ4n) is 2.95. The second kappa shape index (κ2) is 11.2. The van der Waals surface area contributed by atoms with E-state index in [0.717, 1.165) is 30.8 Å². The van der Waals surface area contributed by atoms with Crippen LogP contribution in [-0.2, 0) is 0 Å². The molecule has 0 amide bonds. The summed E-state index contributed by atoms with van der Waals surface area (Å²) in [5.41, 5.74) is 1.33. The van der Waals surface area contributed by atoms with E-state index in [4.69, 9.17) is 0 Å². The summed E-state index contributed by atoms with van der Waals surface area (Å²) in [5, 5.41) is 4.31. The molecule has 1 aromatic rings. The average Bonchev–Trinajstić information content (AvgIpc) is 2.59. The number of benzene rings is 1. The predicted octanol–water partition coefficient (Wildman–Crippen LogP) is 3.31. The van der Waals surface area contributed by atoms with E-state index in [0.29, 0.717) is 6.04 Å². The standard InChI is InChI=1S/C18H30N4S.HI/c1-5-16-14-22(11-12-23-16)18(19-2)20-13-17(21(3)4)15-9-7-6-8-10-15;/h6-10,16-17H,5,11-14H2,1-4H3,(H,19,20);1H. The fourth-order valence-corrected chi connectivity index (χ4v) is 4.13. The number of thioether (sulfide) groups is 1. The van der Waals surface area contributed by atoms with E-state index in [9.17, 15) is 0 Å². The largest absolute Gasteiger partial charge is 0.354 e. The molecule has 2 atom stereocenters. The van der Waals surface area contributed by atoms with Gasteiger partial charge in [-0.2, -0.15) is 11.8 Å². The average molecular weight is 462 g/mol. The van der Waals surface area contributed by atoms with Gasteiger partial charge in [-0.3, -0.25) is 4.99 Å². The molecule has 1 fully saturated rings. The Bertz CT molecular complexity index is 495. The van der Waals surface area contributed by atoms with E-state index in [1.807, 2.05) is 7.05 Å². The zero-order chi connectivity index (χ0) is 16.7. The third kappa shape index (κ3) is 6.11. The van der Waals surface area contributed by atoms with Gasteiger partial charge in [0.05, 0.1) is 6.04 Å². The monoisotopic (exact) mass is 462 g/mol. The number of guanidine groups is 1. The second-order valence-corrected chi connectivity index (χ2v) is 7.57. The number of nitrogens with zero attached hydrogens (tertiary/aromatic N) is 3. The SMILES string of the molecule is CCC1CN(C(=NC)NCC(c2ccccc2)N(C)C)CCS1.I. The molecule has 1 heterocycles. The van der Waals surface area contributed by atoms with Crippen LogP contribution in [0, 0.1) is 0 Å². The molecule has 0 bridgehead atoms. The summed E-state index contributed by atoms with van der Waals surface area (Å²) in [4.78, 5) is 9.17. The minimum Gasteiger partial charge on any atom is -0.354 e. The van der Waals surface area contributed by atoms with Gasteiger partial charge in [0.25, 0.3) is 0 Å². The molecule has 0 spiro atoms. The van der Waals surface area contributed by atoms with Crippen LogP contribution in [0.1, 0.15) is 24.9 Å². The highest BCUT2D eigenvalue weighted by Crippen LogP contribution is 2.21. The summed E-state index contributed by atoms with van der Waals surface area (Å²) in [5.74, 6) is 2.22. The Morgan fingerprint density at radius 2 is 2.08 bits per heavy atom. The van der Waals surface area contributed by atoms with Crippen molar-refractivity contribution in [2.24, 2.45) is 4.99 Å². The molecule has 136 valence electrons. The molecule has 2 rings (SSSR count). The maximum atomic E-state index is 4.51. The molecule has 0 saturated carbocycles. The van der Waals surface area contributed by atoms with E-state index >= 15 is 0 Å². The van der Waals surface area contributed by atoms with Gasteiger partial charge >= 0.3 is 0 Å². The molecule has 1 aromatic carbocycles. The van der Waals surface area contributed by atoms with Gasteiger partial charge in [-0.15, -0.1) is 24.0 Å². The molecule has 1 saturated heterocycles. The second-order valence-electron chi connectivity index (χ2n) is 6.17. The highest BCUT2D eigenvalue weighted by molar-refractivity contribution is 14.0. The summed E-state index contributed by atoms with van der Waals surface area (Å²) in [6.07, 6.45) is 1.22. The van der Waals surface area contributed by atoms with Crippen LogP contribution in [-0.4, -0.2) is 67.5 Å². The Morgan fingerprint density at radius 1 is 1.38 bits per heavy atom. The van der Waals surface area contributed by atoms with Gasteiger partial charge in [0.15, 0.2) is 5.96 Å². The van der Waals surface area contributed by atoms with Gasteiger partial charge in [-0.1, -0.05) is 37.3 Å². The Hall–Kier alpha value is -0.470. The van der Waals surface area contributed by atoms with Crippen LogP contribution in [0.5, 0.6) is 0 Å². The van der Waals surface area contributed by atoms with Crippen LogP contribution in [0.25, 0.3) is 0 Å². The third-order valence-electron chi connectivity index (χ3n) is 4.37. The third-order valence-corrected chi connectivity index (χ3v) is 5.74. The van der Waals surface area contributed by atoms with Gasteiger partial charge in [0, 0.05) is 37.7 Å². The molecule has 1 aliphatic rings. The van der Waals surface area contributed by atoms with Crippen molar-refractivity contribution < 1.29 is 0 Å². The highest BCUT2D eigenvalue weighted by Gasteiger charge is 2.22. The van der Waals surface area contributed by atoms with Crippen LogP contribution in [0.3, 0.4) is 0 Å². The van der Waals surface area contributed by atoms with E-state index in [1.165, 1.54) is 17.7 Å². The summed E-state index contributed by atoms with van der Waals surface area (Å²) in [6.45, 7) is 5.32. The zero-order valence-electron chi connectivity index (χ0n) is 15.2. The Labute approximate surface area is 168 Å². The van der Waals surface area contributed by atoms with Gasteiger partial charge in [-0.05, 0) is 26.1 Å². The van der Waals surface area contributed by atoms with E-state index in [-0.39, 0.29) is 24.0 Å². The molecule has 0 aliphatic carbocycles. The normalized spacial score (nSPS) is 19.8. The summed E-state index contributed by atoms with van der Waals surface area (Å²) in [7, 11) is 6.15. The Kier molecular flexibility index (Phi) is 10.1. The van der Waals surface area contributed by atoms with Gasteiger partial charge in [0.1, 0.15) is 0 Å². The van der Waals surface area contributed by atoms with Crippen molar-refractivity contribution in [3.8, 4) is 0 Å². The lowest BCUT2D eigenvalue weighted by molar-refractivity contribution is 0.294. The maximum absolute atomic E-state index is 4.51. The number of halogens is 1. The van der Waals surface area contributed by atoms with Crippen LogP contribution in [0.4, 0.5) is 0 Å². The van der Waals surface area contributed by atoms with Crippen LogP contribution >= 0.6 is 35.7 Å². The summed E-state index contributed by atoms with van der Waals surface area (Å²) >= 11 is 2.09. The van der Waals surface area contributed by atoms with Crippen molar-refractivity contribution in [1.82, 2.24) is 15.1 Å². The van der Waals surface area contributed by atoms with Crippen molar-refractivity contribution >= 4 is 41.7 Å². The van der Waals surface area contributed by atoms with E-state index < -0.39 is 0 Å². The predicted molar refractivity (Wildman–Crippen MR) is 118 cm³/mol. The van der Waals surface area contributed by atoms with Crippen LogP contribution < -0.4 is 5.32 Å². The van der Waals surface area contributed by atoms with E-state index in [2.05, 4.69) is 83.2 Å². The number of hydrogen-bond acceptors (Lipinski definition) is 3. The minimum absolute atomic E-state index is 0.